The van der Waals surface area contributed by atoms with E-state index >= 15 is 0 Å². The van der Waals surface area contributed by atoms with Crippen LogP contribution in [-0.2, 0) is 23.5 Å². The minimum atomic E-state index is -3.14. The first-order chi connectivity index (χ1) is 15.7. The maximum Gasteiger partial charge on any atom is 0.302 e. The van der Waals surface area contributed by atoms with Crippen LogP contribution >= 0.6 is 20.6 Å². The van der Waals surface area contributed by atoms with Gasteiger partial charge in [-0.15, -0.1) is 11.3 Å². The normalized spacial score (nSPS) is 18.3. The Kier molecular flexibility index (Phi) is 5.74. The fourth-order valence-electron chi connectivity index (χ4n) is 4.69. The summed E-state index contributed by atoms with van der Waals surface area (Å²) in [4.78, 5) is 16.6. The van der Waals surface area contributed by atoms with Gasteiger partial charge in [-0.05, 0) is 54.5 Å². The van der Waals surface area contributed by atoms with E-state index in [1.54, 1.807) is 36.4 Å². The zero-order valence-electron chi connectivity index (χ0n) is 18.4. The van der Waals surface area contributed by atoms with Crippen LogP contribution in [0.15, 0.2) is 49.2 Å². The SMILES string of the molecule is C=CC(=O)N1Cc2sc(C)cc2C(c2ccccc2-c2cn(CC3CC3)nc2C(F)(F)P)C1. The second kappa shape index (κ2) is 8.44. The topological polar surface area (TPSA) is 38.1 Å². The Labute approximate surface area is 198 Å². The molecule has 172 valence electrons. The van der Waals surface area contributed by atoms with Gasteiger partial charge in [-0.1, -0.05) is 40.1 Å². The number of alkyl halides is 2. The molecule has 2 aliphatic rings. The second-order valence-corrected chi connectivity index (χ2v) is 11.0. The number of aryl methyl sites for hydroxylation is 1. The van der Waals surface area contributed by atoms with Crippen molar-refractivity contribution in [2.24, 2.45) is 5.92 Å². The molecule has 33 heavy (non-hydrogen) atoms. The number of thiophene rings is 1. The molecule has 0 N–H and O–H groups in total. The zero-order valence-corrected chi connectivity index (χ0v) is 20.4. The standard InChI is InChI=1S/C25H26F2N3OPS/c1-3-23(31)29-12-20(19-10-15(2)33-22(19)14-29)17-6-4-5-7-18(17)21-13-30(11-16-8-9-16)28-24(21)25(26,27)32/h3-7,10,13,16,20H,1,8-9,11-12,14,32H2,2H3. The molecule has 0 bridgehead atoms. The maximum absolute atomic E-state index is 14.6. The molecule has 4 nitrogen and oxygen atoms in total. The molecule has 8 heteroatoms. The summed E-state index contributed by atoms with van der Waals surface area (Å²) in [6, 6.07) is 9.84. The van der Waals surface area contributed by atoms with Gasteiger partial charge in [0, 0.05) is 40.5 Å². The number of fused-ring (bicyclic) bond motifs is 1. The molecule has 0 saturated heterocycles. The maximum atomic E-state index is 14.6. The number of aromatic nitrogens is 2. The highest BCUT2D eigenvalue weighted by atomic mass is 32.1. The van der Waals surface area contributed by atoms with E-state index in [4.69, 9.17) is 0 Å². The summed E-state index contributed by atoms with van der Waals surface area (Å²) >= 11 is 1.68. The first kappa shape index (κ1) is 22.4. The van der Waals surface area contributed by atoms with Crippen molar-refractivity contribution in [1.82, 2.24) is 14.7 Å². The lowest BCUT2D eigenvalue weighted by molar-refractivity contribution is -0.127. The van der Waals surface area contributed by atoms with Crippen LogP contribution in [0, 0.1) is 12.8 Å². The molecule has 3 heterocycles. The molecule has 2 atom stereocenters. The third kappa shape index (κ3) is 4.41. The van der Waals surface area contributed by atoms with Crippen molar-refractivity contribution in [1.29, 1.82) is 0 Å². The van der Waals surface area contributed by atoms with E-state index in [2.05, 4.69) is 24.7 Å². The Balaban J connectivity index is 1.63. The molecule has 2 aromatic heterocycles. The molecular formula is C25H26F2N3OPS. The molecule has 1 fully saturated rings. The fraction of sp³-hybridized carbons (Fsp3) is 0.360. The van der Waals surface area contributed by atoms with Crippen LogP contribution in [0.2, 0.25) is 0 Å². The van der Waals surface area contributed by atoms with E-state index in [9.17, 15) is 13.6 Å². The molecule has 1 aromatic carbocycles. The van der Waals surface area contributed by atoms with Gasteiger partial charge in [0.2, 0.25) is 5.91 Å². The smallest absolute Gasteiger partial charge is 0.302 e. The molecule has 1 amide bonds. The Morgan fingerprint density at radius 2 is 2.06 bits per heavy atom. The van der Waals surface area contributed by atoms with Gasteiger partial charge in [-0.3, -0.25) is 9.48 Å². The molecular weight excluding hydrogens is 459 g/mol. The van der Waals surface area contributed by atoms with Crippen LogP contribution in [0.5, 0.6) is 0 Å². The lowest BCUT2D eigenvalue weighted by Crippen LogP contribution is -2.37. The van der Waals surface area contributed by atoms with Crippen LogP contribution < -0.4 is 0 Å². The largest absolute Gasteiger partial charge is 0.333 e. The molecule has 1 saturated carbocycles. The highest BCUT2D eigenvalue weighted by Gasteiger charge is 2.36. The summed E-state index contributed by atoms with van der Waals surface area (Å²) in [5.41, 5.74) is -0.0747. The number of rotatable bonds is 6. The third-order valence-corrected chi connectivity index (χ3v) is 7.73. The summed E-state index contributed by atoms with van der Waals surface area (Å²) in [5.74, 6) is 0.285. The molecule has 2 unspecified atom stereocenters. The predicted octanol–water partition coefficient (Wildman–Crippen LogP) is 5.91. The van der Waals surface area contributed by atoms with Gasteiger partial charge in [-0.25, -0.2) is 0 Å². The van der Waals surface area contributed by atoms with E-state index in [1.807, 2.05) is 24.3 Å². The number of benzene rings is 1. The van der Waals surface area contributed by atoms with Gasteiger partial charge in [0.15, 0.2) is 0 Å². The summed E-state index contributed by atoms with van der Waals surface area (Å²) in [7, 11) is 1.64. The quantitative estimate of drug-likeness (QED) is 0.321. The molecule has 1 aliphatic heterocycles. The highest BCUT2D eigenvalue weighted by molar-refractivity contribution is 7.17. The summed E-state index contributed by atoms with van der Waals surface area (Å²) in [6.45, 7) is 7.39. The monoisotopic (exact) mass is 485 g/mol. The van der Waals surface area contributed by atoms with Crippen molar-refractivity contribution >= 4 is 26.5 Å². The highest BCUT2D eigenvalue weighted by Crippen LogP contribution is 2.45. The number of nitrogens with zero attached hydrogens (tertiary/aromatic N) is 3. The molecule has 0 spiro atoms. The molecule has 1 aliphatic carbocycles. The van der Waals surface area contributed by atoms with Crippen LogP contribution in [-0.4, -0.2) is 27.1 Å². The van der Waals surface area contributed by atoms with E-state index in [0.29, 0.717) is 31.1 Å². The van der Waals surface area contributed by atoms with Gasteiger partial charge in [0.1, 0.15) is 5.69 Å². The van der Waals surface area contributed by atoms with Crippen molar-refractivity contribution in [3.05, 3.63) is 75.8 Å². The molecule has 5 rings (SSSR count). The van der Waals surface area contributed by atoms with Gasteiger partial charge in [-0.2, -0.15) is 13.9 Å². The second-order valence-electron chi connectivity index (χ2n) is 8.98. The zero-order chi connectivity index (χ0) is 23.3. The average Bonchev–Trinajstić information content (AvgIpc) is 3.34. The third-order valence-electron chi connectivity index (χ3n) is 6.41. The Morgan fingerprint density at radius 3 is 2.76 bits per heavy atom. The van der Waals surface area contributed by atoms with E-state index < -0.39 is 5.66 Å². The van der Waals surface area contributed by atoms with Crippen LogP contribution in [0.4, 0.5) is 8.78 Å². The van der Waals surface area contributed by atoms with Crippen molar-refractivity contribution in [3.8, 4) is 11.1 Å². The molecule has 3 aromatic rings. The van der Waals surface area contributed by atoms with Gasteiger partial charge >= 0.3 is 5.66 Å². The fourth-order valence-corrected chi connectivity index (χ4v) is 6.02. The van der Waals surface area contributed by atoms with Crippen molar-refractivity contribution < 1.29 is 13.6 Å². The lowest BCUT2D eigenvalue weighted by Gasteiger charge is -2.33. The van der Waals surface area contributed by atoms with Crippen LogP contribution in [0.25, 0.3) is 11.1 Å². The minimum Gasteiger partial charge on any atom is -0.333 e. The van der Waals surface area contributed by atoms with Crippen LogP contribution in [0.1, 0.15) is 45.3 Å². The number of carbonyl (C=O) groups is 1. The number of hydrogen-bond acceptors (Lipinski definition) is 3. The predicted molar refractivity (Wildman–Crippen MR) is 131 cm³/mol. The Bertz CT molecular complexity index is 1220. The first-order valence-corrected chi connectivity index (χ1v) is 12.5. The summed E-state index contributed by atoms with van der Waals surface area (Å²) in [5, 5.41) is 4.30. The number of carbonyl (C=O) groups excluding carboxylic acids is 1. The van der Waals surface area contributed by atoms with Gasteiger partial charge in [0.25, 0.3) is 0 Å². The molecule has 0 radical (unpaired) electrons. The van der Waals surface area contributed by atoms with Crippen LogP contribution in [0.3, 0.4) is 0 Å². The number of amides is 1. The number of hydrogen-bond donors (Lipinski definition) is 0. The number of halogens is 2. The first-order valence-electron chi connectivity index (χ1n) is 11.1. The Hall–Kier alpha value is -2.37. The van der Waals surface area contributed by atoms with E-state index in [1.165, 1.54) is 16.5 Å². The summed E-state index contributed by atoms with van der Waals surface area (Å²) in [6.07, 6.45) is 5.34. The van der Waals surface area contributed by atoms with Gasteiger partial charge in [0.05, 0.1) is 6.54 Å². The van der Waals surface area contributed by atoms with Crippen molar-refractivity contribution in [2.75, 3.05) is 6.54 Å². The lowest BCUT2D eigenvalue weighted by atomic mass is 9.83. The van der Waals surface area contributed by atoms with Crippen molar-refractivity contribution in [3.63, 3.8) is 0 Å². The average molecular weight is 486 g/mol. The van der Waals surface area contributed by atoms with Crippen molar-refractivity contribution in [2.45, 2.75) is 44.4 Å². The van der Waals surface area contributed by atoms with E-state index in [-0.39, 0.29) is 17.5 Å². The summed E-state index contributed by atoms with van der Waals surface area (Å²) < 4.78 is 30.9. The minimum absolute atomic E-state index is 0.114. The van der Waals surface area contributed by atoms with E-state index in [0.717, 1.165) is 28.8 Å². The van der Waals surface area contributed by atoms with Gasteiger partial charge < -0.3 is 4.90 Å². The Morgan fingerprint density at radius 1 is 1.30 bits per heavy atom.